The van der Waals surface area contributed by atoms with Crippen LogP contribution in [0.1, 0.15) is 45.1 Å². The first-order valence-electron chi connectivity index (χ1n) is 8.12. The molecule has 21 heavy (non-hydrogen) atoms. The fourth-order valence-electron chi connectivity index (χ4n) is 3.54. The average molecular weight is 310 g/mol. The van der Waals surface area contributed by atoms with Crippen LogP contribution in [0.25, 0.3) is 0 Å². The summed E-state index contributed by atoms with van der Waals surface area (Å²) in [5, 5.41) is 4.47. The molecule has 0 spiro atoms. The Kier molecular flexibility index (Phi) is 6.09. The van der Waals surface area contributed by atoms with E-state index in [0.29, 0.717) is 6.04 Å². The van der Waals surface area contributed by atoms with Crippen LogP contribution in [0.4, 0.5) is 0 Å². The van der Waals surface area contributed by atoms with Crippen LogP contribution in [0.2, 0.25) is 5.02 Å². The van der Waals surface area contributed by atoms with Crippen molar-refractivity contribution >= 4 is 11.6 Å². The highest BCUT2D eigenvalue weighted by molar-refractivity contribution is 6.30. The van der Waals surface area contributed by atoms with Gasteiger partial charge in [-0.1, -0.05) is 37.6 Å². The number of nitrogens with one attached hydrogen (secondary N) is 1. The van der Waals surface area contributed by atoms with E-state index in [-0.39, 0.29) is 5.60 Å². The van der Waals surface area contributed by atoms with Crippen molar-refractivity contribution in [2.45, 2.75) is 57.6 Å². The zero-order valence-corrected chi connectivity index (χ0v) is 14.2. The van der Waals surface area contributed by atoms with Crippen LogP contribution in [0.15, 0.2) is 24.3 Å². The Hall–Kier alpha value is -0.570. The molecule has 0 heterocycles. The second-order valence-corrected chi connectivity index (χ2v) is 6.83. The van der Waals surface area contributed by atoms with Gasteiger partial charge in [0.1, 0.15) is 0 Å². The maximum atomic E-state index is 6.13. The van der Waals surface area contributed by atoms with E-state index in [1.807, 2.05) is 19.2 Å². The van der Waals surface area contributed by atoms with Crippen molar-refractivity contribution in [3.05, 3.63) is 34.9 Å². The summed E-state index contributed by atoms with van der Waals surface area (Å²) in [6.07, 6.45) is 5.76. The quantitative estimate of drug-likeness (QED) is 0.838. The smallest absolute Gasteiger partial charge is 0.0834 e. The van der Waals surface area contributed by atoms with Gasteiger partial charge in [-0.15, -0.1) is 0 Å². The second-order valence-electron chi connectivity index (χ2n) is 6.40. The Labute approximate surface area is 134 Å². The topological polar surface area (TPSA) is 21.3 Å². The molecule has 1 saturated carbocycles. The summed E-state index contributed by atoms with van der Waals surface area (Å²) in [5.41, 5.74) is 1.24. The maximum Gasteiger partial charge on any atom is 0.0834 e. The molecule has 3 heteroatoms. The van der Waals surface area contributed by atoms with Gasteiger partial charge in [0.2, 0.25) is 0 Å². The standard InChI is InChI=1S/C18H28ClNO/c1-4-20-17(13-15-6-5-7-16(19)12-15)18(21-3)10-8-14(2)9-11-18/h5-7,12,14,17,20H,4,8-11,13H2,1-3H3. The molecular formula is C18H28ClNO. The number of rotatable bonds is 6. The van der Waals surface area contributed by atoms with Crippen LogP contribution < -0.4 is 5.32 Å². The SMILES string of the molecule is CCNC(Cc1cccc(Cl)c1)C1(OC)CCC(C)CC1. The van der Waals surface area contributed by atoms with Crippen molar-refractivity contribution < 1.29 is 4.74 Å². The third-order valence-corrected chi connectivity index (χ3v) is 5.18. The Balaban J connectivity index is 2.16. The molecular weight excluding hydrogens is 282 g/mol. The third-order valence-electron chi connectivity index (χ3n) is 4.94. The molecule has 1 unspecified atom stereocenters. The van der Waals surface area contributed by atoms with Crippen LogP contribution in [0, 0.1) is 5.92 Å². The molecule has 0 saturated heterocycles. The summed E-state index contributed by atoms with van der Waals surface area (Å²) in [6.45, 7) is 5.48. The van der Waals surface area contributed by atoms with Gasteiger partial charge in [-0.05, 0) is 62.3 Å². The zero-order valence-electron chi connectivity index (χ0n) is 13.5. The molecule has 2 rings (SSSR count). The van der Waals surface area contributed by atoms with E-state index in [0.717, 1.165) is 36.7 Å². The molecule has 0 radical (unpaired) electrons. The monoisotopic (exact) mass is 309 g/mol. The van der Waals surface area contributed by atoms with Crippen molar-refractivity contribution in [1.82, 2.24) is 5.32 Å². The van der Waals surface area contributed by atoms with Crippen LogP contribution >= 0.6 is 11.6 Å². The molecule has 1 aromatic carbocycles. The largest absolute Gasteiger partial charge is 0.377 e. The summed E-state index contributed by atoms with van der Waals surface area (Å²) in [4.78, 5) is 0. The minimum Gasteiger partial charge on any atom is -0.377 e. The lowest BCUT2D eigenvalue weighted by atomic mass is 9.73. The molecule has 0 amide bonds. The number of hydrogen-bond acceptors (Lipinski definition) is 2. The fraction of sp³-hybridized carbons (Fsp3) is 0.667. The maximum absolute atomic E-state index is 6.13. The second kappa shape index (κ2) is 7.62. The van der Waals surface area contributed by atoms with Crippen molar-refractivity contribution in [3.8, 4) is 0 Å². The third kappa shape index (κ3) is 4.21. The van der Waals surface area contributed by atoms with Crippen molar-refractivity contribution in [2.75, 3.05) is 13.7 Å². The number of benzene rings is 1. The van der Waals surface area contributed by atoms with E-state index in [1.54, 1.807) is 0 Å². The summed E-state index contributed by atoms with van der Waals surface area (Å²) < 4.78 is 6.05. The highest BCUT2D eigenvalue weighted by atomic mass is 35.5. The van der Waals surface area contributed by atoms with Crippen LogP contribution in [-0.4, -0.2) is 25.3 Å². The number of likely N-dealkylation sites (N-methyl/N-ethyl adjacent to an activating group) is 1. The Bertz CT molecular complexity index is 441. The molecule has 1 atom stereocenters. The van der Waals surface area contributed by atoms with Crippen molar-refractivity contribution in [3.63, 3.8) is 0 Å². The van der Waals surface area contributed by atoms with Crippen LogP contribution in [-0.2, 0) is 11.2 Å². The number of methoxy groups -OCH3 is 1. The molecule has 1 aliphatic rings. The highest BCUT2D eigenvalue weighted by Gasteiger charge is 2.41. The van der Waals surface area contributed by atoms with Gasteiger partial charge in [-0.25, -0.2) is 0 Å². The molecule has 1 fully saturated rings. The predicted molar refractivity (Wildman–Crippen MR) is 90.0 cm³/mol. The van der Waals surface area contributed by atoms with E-state index in [2.05, 4.69) is 31.3 Å². The Morgan fingerprint density at radius 1 is 1.38 bits per heavy atom. The molecule has 1 aromatic rings. The molecule has 0 aliphatic heterocycles. The number of halogens is 1. The van der Waals surface area contributed by atoms with E-state index in [9.17, 15) is 0 Å². The van der Waals surface area contributed by atoms with E-state index < -0.39 is 0 Å². The lowest BCUT2D eigenvalue weighted by molar-refractivity contribution is -0.0742. The molecule has 0 aromatic heterocycles. The summed E-state index contributed by atoms with van der Waals surface area (Å²) >= 11 is 6.13. The van der Waals surface area contributed by atoms with Crippen LogP contribution in [0.5, 0.6) is 0 Å². The summed E-state index contributed by atoms with van der Waals surface area (Å²) in [6, 6.07) is 8.54. The highest BCUT2D eigenvalue weighted by Crippen LogP contribution is 2.38. The molecule has 0 bridgehead atoms. The molecule has 1 N–H and O–H groups in total. The first-order valence-corrected chi connectivity index (χ1v) is 8.50. The lowest BCUT2D eigenvalue weighted by Gasteiger charge is -2.44. The molecule has 2 nitrogen and oxygen atoms in total. The van der Waals surface area contributed by atoms with E-state index >= 15 is 0 Å². The summed E-state index contributed by atoms with van der Waals surface area (Å²) in [7, 11) is 1.87. The minimum atomic E-state index is -0.0369. The molecule has 118 valence electrons. The first kappa shape index (κ1) is 16.8. The predicted octanol–water partition coefficient (Wildman–Crippen LogP) is 4.46. The lowest BCUT2D eigenvalue weighted by Crippen LogP contribution is -2.55. The van der Waals surface area contributed by atoms with Gasteiger partial charge in [0, 0.05) is 18.2 Å². The minimum absolute atomic E-state index is 0.0369. The van der Waals surface area contributed by atoms with Crippen molar-refractivity contribution in [1.29, 1.82) is 0 Å². The van der Waals surface area contributed by atoms with Crippen molar-refractivity contribution in [2.24, 2.45) is 5.92 Å². The number of hydrogen-bond donors (Lipinski definition) is 1. The van der Waals surface area contributed by atoms with Gasteiger partial charge in [0.15, 0.2) is 0 Å². The van der Waals surface area contributed by atoms with Gasteiger partial charge in [0.05, 0.1) is 5.60 Å². The normalized spacial score (nSPS) is 27.5. The van der Waals surface area contributed by atoms with E-state index in [1.165, 1.54) is 18.4 Å². The van der Waals surface area contributed by atoms with Gasteiger partial charge >= 0.3 is 0 Å². The zero-order chi connectivity index (χ0) is 15.3. The Morgan fingerprint density at radius 2 is 2.10 bits per heavy atom. The Morgan fingerprint density at radius 3 is 2.67 bits per heavy atom. The van der Waals surface area contributed by atoms with E-state index in [4.69, 9.17) is 16.3 Å². The van der Waals surface area contributed by atoms with Crippen LogP contribution in [0.3, 0.4) is 0 Å². The summed E-state index contributed by atoms with van der Waals surface area (Å²) in [5.74, 6) is 0.821. The van der Waals surface area contributed by atoms with Gasteiger partial charge in [-0.3, -0.25) is 0 Å². The fourth-order valence-corrected chi connectivity index (χ4v) is 3.75. The van der Waals surface area contributed by atoms with Gasteiger partial charge in [-0.2, -0.15) is 0 Å². The van der Waals surface area contributed by atoms with Gasteiger partial charge < -0.3 is 10.1 Å². The molecule has 1 aliphatic carbocycles. The van der Waals surface area contributed by atoms with Gasteiger partial charge in [0.25, 0.3) is 0 Å². The first-order chi connectivity index (χ1) is 10.1. The average Bonchev–Trinajstić information content (AvgIpc) is 2.48. The number of ether oxygens (including phenoxy) is 1.